The van der Waals surface area contributed by atoms with Crippen molar-refractivity contribution in [2.75, 3.05) is 24.6 Å². The second kappa shape index (κ2) is 4.90. The quantitative estimate of drug-likeness (QED) is 0.790. The molecular formula is C12H16N4O2S. The van der Waals surface area contributed by atoms with Gasteiger partial charge in [0.15, 0.2) is 5.82 Å². The van der Waals surface area contributed by atoms with Crippen LogP contribution in [0.1, 0.15) is 18.9 Å². The Morgan fingerprint density at radius 1 is 1.53 bits per heavy atom. The summed E-state index contributed by atoms with van der Waals surface area (Å²) in [7, 11) is 0. The Morgan fingerprint density at radius 3 is 3.00 bits per heavy atom. The molecule has 3 rings (SSSR count). The molecule has 6 nitrogen and oxygen atoms in total. The Hall–Kier alpha value is -1.47. The molecule has 0 amide bonds. The van der Waals surface area contributed by atoms with Gasteiger partial charge in [0.05, 0.1) is 13.2 Å². The molecule has 1 aliphatic heterocycles. The Bertz CT molecular complexity index is 555. The maximum Gasteiger partial charge on any atom is 0.293 e. The highest BCUT2D eigenvalue weighted by Gasteiger charge is 2.29. The van der Waals surface area contributed by atoms with E-state index in [0.29, 0.717) is 36.5 Å². The van der Waals surface area contributed by atoms with Crippen LogP contribution in [0.4, 0.5) is 5.82 Å². The van der Waals surface area contributed by atoms with E-state index >= 15 is 0 Å². The number of thiocarbonyl (C=S) groups is 1. The predicted molar refractivity (Wildman–Crippen MR) is 75.5 cm³/mol. The van der Waals surface area contributed by atoms with E-state index < -0.39 is 0 Å². The van der Waals surface area contributed by atoms with Crippen molar-refractivity contribution in [2.24, 2.45) is 5.73 Å². The first-order valence-corrected chi connectivity index (χ1v) is 6.80. The van der Waals surface area contributed by atoms with Gasteiger partial charge in [-0.15, -0.1) is 0 Å². The lowest BCUT2D eigenvalue weighted by Crippen LogP contribution is -2.49. The molecule has 2 N–H and O–H groups in total. The molecule has 0 aromatic carbocycles. The van der Waals surface area contributed by atoms with Crippen LogP contribution in [0.15, 0.2) is 17.2 Å². The molecule has 2 heterocycles. The molecule has 1 unspecified atom stereocenters. The first kappa shape index (κ1) is 12.6. The maximum absolute atomic E-state index is 12.4. The van der Waals surface area contributed by atoms with E-state index in [1.54, 1.807) is 17.0 Å². The fraction of sp³-hybridized carbons (Fsp3) is 0.583. The van der Waals surface area contributed by atoms with Crippen molar-refractivity contribution in [1.82, 2.24) is 9.55 Å². The zero-order valence-corrected chi connectivity index (χ0v) is 11.3. The molecular weight excluding hydrogens is 264 g/mol. The summed E-state index contributed by atoms with van der Waals surface area (Å²) in [4.78, 5) is 18.8. The summed E-state index contributed by atoms with van der Waals surface area (Å²) in [5, 5.41) is 0. The molecule has 0 spiro atoms. The van der Waals surface area contributed by atoms with Crippen molar-refractivity contribution in [3.05, 3.63) is 22.7 Å². The molecule has 2 fully saturated rings. The second-order valence-electron chi connectivity index (χ2n) is 4.90. The minimum atomic E-state index is -0.306. The lowest BCUT2D eigenvalue weighted by molar-refractivity contribution is 0.0842. The summed E-state index contributed by atoms with van der Waals surface area (Å²) < 4.78 is 7.25. The predicted octanol–water partition coefficient (Wildman–Crippen LogP) is 0.0695. The van der Waals surface area contributed by atoms with Gasteiger partial charge in [-0.05, 0) is 12.8 Å². The number of morpholine rings is 1. The van der Waals surface area contributed by atoms with Crippen molar-refractivity contribution in [2.45, 2.75) is 25.0 Å². The summed E-state index contributed by atoms with van der Waals surface area (Å²) in [6.45, 7) is 1.63. The lowest BCUT2D eigenvalue weighted by Gasteiger charge is -2.32. The van der Waals surface area contributed by atoms with Gasteiger partial charge in [-0.3, -0.25) is 4.79 Å². The van der Waals surface area contributed by atoms with E-state index in [-0.39, 0.29) is 11.7 Å². The molecule has 1 aromatic rings. The SMILES string of the molecule is NC(=S)C1CN(c2nccn(C3CC3)c2=O)CCO1. The molecule has 1 aromatic heterocycles. The first-order chi connectivity index (χ1) is 9.16. The number of nitrogens with two attached hydrogens (primary N) is 1. The number of anilines is 1. The highest BCUT2D eigenvalue weighted by molar-refractivity contribution is 7.80. The minimum Gasteiger partial charge on any atom is -0.391 e. The van der Waals surface area contributed by atoms with E-state index in [4.69, 9.17) is 22.7 Å². The van der Waals surface area contributed by atoms with Crippen LogP contribution in [0.25, 0.3) is 0 Å². The molecule has 0 bridgehead atoms. The standard InChI is InChI=1S/C12H16N4O2S/c13-10(19)9-7-15(5-6-18-9)11-12(17)16(4-3-14-11)8-1-2-8/h3-4,8-9H,1-2,5-7H2,(H2,13,19). The van der Waals surface area contributed by atoms with Gasteiger partial charge in [0.25, 0.3) is 5.56 Å². The van der Waals surface area contributed by atoms with E-state index in [9.17, 15) is 4.79 Å². The first-order valence-electron chi connectivity index (χ1n) is 6.40. The summed E-state index contributed by atoms with van der Waals surface area (Å²) in [6, 6.07) is 0.349. The minimum absolute atomic E-state index is 0.0337. The summed E-state index contributed by atoms with van der Waals surface area (Å²) in [5.74, 6) is 0.471. The van der Waals surface area contributed by atoms with Crippen LogP contribution < -0.4 is 16.2 Å². The van der Waals surface area contributed by atoms with Gasteiger partial charge in [0.2, 0.25) is 0 Å². The Kier molecular flexibility index (Phi) is 3.24. The molecule has 19 heavy (non-hydrogen) atoms. The Balaban J connectivity index is 1.87. The zero-order chi connectivity index (χ0) is 13.4. The van der Waals surface area contributed by atoms with Crippen molar-refractivity contribution < 1.29 is 4.74 Å². The Morgan fingerprint density at radius 2 is 2.32 bits per heavy atom. The third kappa shape index (κ3) is 2.48. The van der Waals surface area contributed by atoms with Gasteiger partial charge in [-0.2, -0.15) is 0 Å². The number of nitrogens with zero attached hydrogens (tertiary/aromatic N) is 3. The second-order valence-corrected chi connectivity index (χ2v) is 5.37. The third-order valence-electron chi connectivity index (χ3n) is 3.47. The lowest BCUT2D eigenvalue weighted by atomic mass is 10.2. The Labute approximate surface area is 116 Å². The number of hydrogen-bond donors (Lipinski definition) is 1. The van der Waals surface area contributed by atoms with Gasteiger partial charge in [0.1, 0.15) is 11.1 Å². The van der Waals surface area contributed by atoms with Gasteiger partial charge in [-0.25, -0.2) is 4.98 Å². The highest BCUT2D eigenvalue weighted by atomic mass is 32.1. The van der Waals surface area contributed by atoms with Crippen LogP contribution in [-0.4, -0.2) is 40.3 Å². The number of aromatic nitrogens is 2. The van der Waals surface area contributed by atoms with Gasteiger partial charge >= 0.3 is 0 Å². The van der Waals surface area contributed by atoms with Crippen LogP contribution in [0, 0.1) is 0 Å². The fourth-order valence-corrected chi connectivity index (χ4v) is 2.43. The molecule has 2 aliphatic rings. The fourth-order valence-electron chi connectivity index (χ4n) is 2.29. The van der Waals surface area contributed by atoms with Crippen molar-refractivity contribution in [1.29, 1.82) is 0 Å². The van der Waals surface area contributed by atoms with Crippen LogP contribution in [0.3, 0.4) is 0 Å². The molecule has 7 heteroatoms. The highest BCUT2D eigenvalue weighted by Crippen LogP contribution is 2.33. The topological polar surface area (TPSA) is 73.4 Å². The van der Waals surface area contributed by atoms with E-state index in [0.717, 1.165) is 12.8 Å². The van der Waals surface area contributed by atoms with Crippen LogP contribution in [0.2, 0.25) is 0 Å². The van der Waals surface area contributed by atoms with Crippen molar-refractivity contribution >= 4 is 23.0 Å². The smallest absolute Gasteiger partial charge is 0.293 e. The molecule has 102 valence electrons. The number of hydrogen-bond acceptors (Lipinski definition) is 5. The van der Waals surface area contributed by atoms with Gasteiger partial charge in [-0.1, -0.05) is 12.2 Å². The van der Waals surface area contributed by atoms with Crippen molar-refractivity contribution in [3.63, 3.8) is 0 Å². The largest absolute Gasteiger partial charge is 0.391 e. The molecule has 0 radical (unpaired) electrons. The normalized spacial score (nSPS) is 23.4. The number of rotatable bonds is 3. The molecule has 1 atom stereocenters. The van der Waals surface area contributed by atoms with Crippen LogP contribution >= 0.6 is 12.2 Å². The summed E-state index contributed by atoms with van der Waals surface area (Å²) in [5.41, 5.74) is 5.58. The van der Waals surface area contributed by atoms with Gasteiger partial charge < -0.3 is 19.9 Å². The van der Waals surface area contributed by atoms with Crippen LogP contribution in [0.5, 0.6) is 0 Å². The monoisotopic (exact) mass is 280 g/mol. The zero-order valence-electron chi connectivity index (χ0n) is 10.5. The third-order valence-corrected chi connectivity index (χ3v) is 3.74. The van der Waals surface area contributed by atoms with Gasteiger partial charge in [0, 0.05) is 25.0 Å². The number of ether oxygens (including phenoxy) is 1. The summed E-state index contributed by atoms with van der Waals surface area (Å²) in [6.07, 6.45) is 5.28. The maximum atomic E-state index is 12.4. The van der Waals surface area contributed by atoms with Crippen LogP contribution in [-0.2, 0) is 4.74 Å². The van der Waals surface area contributed by atoms with E-state index in [1.165, 1.54) is 0 Å². The average Bonchev–Trinajstić information content (AvgIpc) is 3.23. The van der Waals surface area contributed by atoms with E-state index in [1.807, 2.05) is 4.90 Å². The average molecular weight is 280 g/mol. The summed E-state index contributed by atoms with van der Waals surface area (Å²) >= 11 is 4.95. The molecule has 1 aliphatic carbocycles. The van der Waals surface area contributed by atoms with Crippen molar-refractivity contribution in [3.8, 4) is 0 Å². The molecule has 1 saturated heterocycles. The molecule has 1 saturated carbocycles. The van der Waals surface area contributed by atoms with E-state index in [2.05, 4.69) is 4.98 Å².